The lowest BCUT2D eigenvalue weighted by Gasteiger charge is -2.34. The number of hydrogen-bond donors (Lipinski definition) is 1. The molecule has 0 bridgehead atoms. The predicted octanol–water partition coefficient (Wildman–Crippen LogP) is 2.96. The van der Waals surface area contributed by atoms with Crippen molar-refractivity contribution in [3.05, 3.63) is 36.7 Å². The Kier molecular flexibility index (Phi) is 8.42. The Hall–Kier alpha value is -3.78. The van der Waals surface area contributed by atoms with Crippen LogP contribution in [0.3, 0.4) is 0 Å². The van der Waals surface area contributed by atoms with Crippen LogP contribution in [-0.4, -0.2) is 76.9 Å². The van der Waals surface area contributed by atoms with Gasteiger partial charge in [0, 0.05) is 35.8 Å². The van der Waals surface area contributed by atoms with E-state index in [1.165, 1.54) is 18.0 Å². The van der Waals surface area contributed by atoms with Crippen LogP contribution in [0.5, 0.6) is 11.8 Å². The Bertz CT molecular complexity index is 1280. The van der Waals surface area contributed by atoms with Gasteiger partial charge in [-0.1, -0.05) is 30.3 Å². The molecular weight excluding hydrogens is 514 g/mol. The van der Waals surface area contributed by atoms with E-state index in [0.29, 0.717) is 24.5 Å². The van der Waals surface area contributed by atoms with E-state index in [-0.39, 0.29) is 42.0 Å². The van der Waals surface area contributed by atoms with Gasteiger partial charge in [-0.3, -0.25) is 13.5 Å². The number of piperidine rings is 1. The quantitative estimate of drug-likeness (QED) is 0.418. The lowest BCUT2D eigenvalue weighted by Crippen LogP contribution is -2.44. The molecular formula is C24H30N7O6S-. The van der Waals surface area contributed by atoms with Crippen molar-refractivity contribution in [3.63, 3.8) is 0 Å². The molecule has 1 N–H and O–H groups in total. The number of ether oxygens (including phenoxy) is 3. The Morgan fingerprint density at radius 2 is 1.92 bits per heavy atom. The molecule has 4 rings (SSSR count). The van der Waals surface area contributed by atoms with Gasteiger partial charge in [-0.05, 0) is 33.6 Å². The fourth-order valence-electron chi connectivity index (χ4n) is 4.09. The van der Waals surface area contributed by atoms with Crippen LogP contribution in [0.1, 0.15) is 33.6 Å². The Morgan fingerprint density at radius 3 is 2.61 bits per heavy atom. The zero-order valence-electron chi connectivity index (χ0n) is 21.6. The highest BCUT2D eigenvalue weighted by Crippen LogP contribution is 2.35. The third-order valence-electron chi connectivity index (χ3n) is 5.67. The number of rotatable bonds is 8. The number of likely N-dealkylation sites (tertiary alicyclic amines) is 1. The first-order chi connectivity index (χ1) is 18.2. The first-order valence-corrected chi connectivity index (χ1v) is 13.1. The van der Waals surface area contributed by atoms with Gasteiger partial charge in [0.2, 0.25) is 17.7 Å². The lowest BCUT2D eigenvalue weighted by molar-refractivity contribution is 0.0138. The molecule has 1 aliphatic rings. The number of carbonyl (C=O) groups excluding carboxylic acids is 1. The zero-order valence-corrected chi connectivity index (χ0v) is 22.4. The van der Waals surface area contributed by atoms with Crippen molar-refractivity contribution in [2.75, 3.05) is 31.5 Å². The second kappa shape index (κ2) is 11.7. The second-order valence-corrected chi connectivity index (χ2v) is 10.3. The van der Waals surface area contributed by atoms with Gasteiger partial charge in [-0.2, -0.15) is 9.97 Å². The van der Waals surface area contributed by atoms with Gasteiger partial charge >= 0.3 is 6.09 Å². The summed E-state index contributed by atoms with van der Waals surface area (Å²) in [5.74, 6) is 0.522. The summed E-state index contributed by atoms with van der Waals surface area (Å²) in [5.41, 5.74) is 0.315. The largest absolute Gasteiger partial charge is 0.755 e. The summed E-state index contributed by atoms with van der Waals surface area (Å²) in [6.07, 6.45) is 2.59. The van der Waals surface area contributed by atoms with Crippen molar-refractivity contribution < 1.29 is 27.8 Å². The molecule has 1 aliphatic heterocycles. The monoisotopic (exact) mass is 544 g/mol. The minimum atomic E-state index is -2.68. The van der Waals surface area contributed by atoms with Gasteiger partial charge in [0.25, 0.3) is 0 Å². The third-order valence-corrected chi connectivity index (χ3v) is 6.02. The maximum absolute atomic E-state index is 12.6. The molecule has 0 spiro atoms. The third kappa shape index (κ3) is 6.55. The number of methoxy groups -OCH3 is 1. The summed E-state index contributed by atoms with van der Waals surface area (Å²) in [5, 5.41) is 8.21. The molecule has 3 heterocycles. The van der Waals surface area contributed by atoms with Crippen LogP contribution in [0.4, 0.5) is 10.7 Å². The molecule has 3 aromatic rings. The minimum absolute atomic E-state index is 0.0197. The molecule has 0 aliphatic carbocycles. The number of anilines is 1. The number of hydrogen-bond acceptors (Lipinski definition) is 10. The number of nitrogens with one attached hydrogen (secondary N) is 1. The SMILES string of the molecule is COc1ncnc(OCC2CCCN(C(=O)OC(C)(C)C)C2)c1-n1c(NS(=O)[O-])nnc1-c1ccccc1. The molecule has 1 amide bonds. The summed E-state index contributed by atoms with van der Waals surface area (Å²) < 4.78 is 43.9. The molecule has 0 saturated carbocycles. The van der Waals surface area contributed by atoms with Gasteiger partial charge < -0.3 is 23.7 Å². The summed E-state index contributed by atoms with van der Waals surface area (Å²) >= 11 is -2.68. The smallest absolute Gasteiger partial charge is 0.410 e. The van der Waals surface area contributed by atoms with E-state index >= 15 is 0 Å². The number of nitrogens with zero attached hydrogens (tertiary/aromatic N) is 6. The second-order valence-electron chi connectivity index (χ2n) is 9.67. The van der Waals surface area contributed by atoms with Crippen LogP contribution in [0, 0.1) is 5.92 Å². The average molecular weight is 545 g/mol. The highest BCUT2D eigenvalue weighted by atomic mass is 32.2. The summed E-state index contributed by atoms with van der Waals surface area (Å²) in [4.78, 5) is 22.8. The molecule has 2 aromatic heterocycles. The van der Waals surface area contributed by atoms with E-state index in [2.05, 4.69) is 24.9 Å². The van der Waals surface area contributed by atoms with E-state index in [1.54, 1.807) is 4.90 Å². The fourth-order valence-corrected chi connectivity index (χ4v) is 4.38. The van der Waals surface area contributed by atoms with Crippen LogP contribution >= 0.6 is 0 Å². The van der Waals surface area contributed by atoms with E-state index < -0.39 is 16.9 Å². The van der Waals surface area contributed by atoms with Crippen molar-refractivity contribution in [3.8, 4) is 28.8 Å². The van der Waals surface area contributed by atoms with Crippen LogP contribution in [0.2, 0.25) is 0 Å². The van der Waals surface area contributed by atoms with Crippen molar-refractivity contribution in [2.24, 2.45) is 5.92 Å². The van der Waals surface area contributed by atoms with Gasteiger partial charge in [-0.15, -0.1) is 10.2 Å². The molecule has 2 unspecified atom stereocenters. The van der Waals surface area contributed by atoms with E-state index in [4.69, 9.17) is 14.2 Å². The van der Waals surface area contributed by atoms with Gasteiger partial charge in [0.05, 0.1) is 13.7 Å². The van der Waals surface area contributed by atoms with Gasteiger partial charge in [0.15, 0.2) is 11.5 Å². The van der Waals surface area contributed by atoms with Crippen LogP contribution in [0.15, 0.2) is 36.7 Å². The van der Waals surface area contributed by atoms with Crippen molar-refractivity contribution >= 4 is 23.3 Å². The molecule has 2 atom stereocenters. The van der Waals surface area contributed by atoms with Crippen molar-refractivity contribution in [1.82, 2.24) is 29.6 Å². The van der Waals surface area contributed by atoms with E-state index in [1.807, 2.05) is 51.1 Å². The van der Waals surface area contributed by atoms with Gasteiger partial charge in [-0.25, -0.2) is 4.79 Å². The fraction of sp³-hybridized carbons (Fsp3) is 0.458. The highest BCUT2D eigenvalue weighted by Gasteiger charge is 2.29. The normalized spacial score (nSPS) is 16.6. The minimum Gasteiger partial charge on any atom is -0.755 e. The first-order valence-electron chi connectivity index (χ1n) is 12.0. The topological polar surface area (TPSA) is 157 Å². The van der Waals surface area contributed by atoms with Crippen LogP contribution < -0.4 is 14.2 Å². The Balaban J connectivity index is 1.64. The molecule has 1 aromatic carbocycles. The molecule has 1 fully saturated rings. The number of aromatic nitrogens is 5. The summed E-state index contributed by atoms with van der Waals surface area (Å²) in [6.45, 7) is 6.82. The Morgan fingerprint density at radius 1 is 1.18 bits per heavy atom. The maximum atomic E-state index is 12.6. The number of carbonyl (C=O) groups is 1. The molecule has 14 heteroatoms. The van der Waals surface area contributed by atoms with E-state index in [9.17, 15) is 13.6 Å². The van der Waals surface area contributed by atoms with Gasteiger partial charge in [0.1, 0.15) is 11.9 Å². The highest BCUT2D eigenvalue weighted by molar-refractivity contribution is 7.80. The predicted molar refractivity (Wildman–Crippen MR) is 138 cm³/mol. The standard InChI is InChI=1S/C24H31N7O6S/c1-24(2,3)37-23(32)30-12-8-9-16(13-30)14-36-21-18(20(35-4)25-15-26-21)31-19(17-10-6-5-7-11-17)27-28-22(31)29-38(33)34/h5-7,10-11,15-16H,8-9,12-14H2,1-4H3,(H,28,29)(H,33,34)/p-1. The molecule has 204 valence electrons. The Labute approximate surface area is 223 Å². The van der Waals surface area contributed by atoms with Crippen LogP contribution in [0.25, 0.3) is 17.1 Å². The maximum Gasteiger partial charge on any atom is 0.410 e. The zero-order chi connectivity index (χ0) is 27.3. The van der Waals surface area contributed by atoms with Crippen molar-refractivity contribution in [1.29, 1.82) is 0 Å². The summed E-state index contributed by atoms with van der Waals surface area (Å²) in [7, 11) is 1.43. The molecule has 13 nitrogen and oxygen atoms in total. The number of amides is 1. The average Bonchev–Trinajstić information content (AvgIpc) is 3.29. The van der Waals surface area contributed by atoms with Crippen molar-refractivity contribution in [2.45, 2.75) is 39.2 Å². The molecule has 38 heavy (non-hydrogen) atoms. The summed E-state index contributed by atoms with van der Waals surface area (Å²) in [6, 6.07) is 9.11. The van der Waals surface area contributed by atoms with Crippen LogP contribution in [-0.2, 0) is 16.0 Å². The molecule has 1 saturated heterocycles. The lowest BCUT2D eigenvalue weighted by atomic mass is 9.99. The van der Waals surface area contributed by atoms with E-state index in [0.717, 1.165) is 12.8 Å². The number of benzene rings is 1. The molecule has 0 radical (unpaired) electrons. The first kappa shape index (κ1) is 27.3.